The van der Waals surface area contributed by atoms with Crippen LogP contribution in [0.3, 0.4) is 0 Å². The molecule has 0 spiro atoms. The number of hydrogen-bond donors (Lipinski definition) is 0. The van der Waals surface area contributed by atoms with E-state index in [-0.39, 0.29) is 11.6 Å². The zero-order valence-electron chi connectivity index (χ0n) is 9.67. The molecule has 1 aromatic carbocycles. The number of ether oxygens (including phenoxy) is 1. The van der Waals surface area contributed by atoms with Crippen LogP contribution in [0.15, 0.2) is 51.9 Å². The molecule has 3 rings (SSSR count). The molecule has 0 atom stereocenters. The van der Waals surface area contributed by atoms with Crippen LogP contribution in [0.25, 0.3) is 11.1 Å². The van der Waals surface area contributed by atoms with Crippen molar-refractivity contribution < 1.29 is 4.74 Å². The zero-order valence-corrected chi connectivity index (χ0v) is 11.3. The zero-order chi connectivity index (χ0) is 12.5. The first-order valence-electron chi connectivity index (χ1n) is 5.80. The lowest BCUT2D eigenvalue weighted by Gasteiger charge is -2.28. The Balaban J connectivity index is 2.12. The molecule has 0 aliphatic carbocycles. The highest BCUT2D eigenvalue weighted by Crippen LogP contribution is 2.28. The van der Waals surface area contributed by atoms with E-state index in [1.807, 2.05) is 36.5 Å². The van der Waals surface area contributed by atoms with Gasteiger partial charge >= 0.3 is 0 Å². The van der Waals surface area contributed by atoms with E-state index in [0.29, 0.717) is 13.2 Å². The predicted molar refractivity (Wildman–Crippen MR) is 73.7 cm³/mol. The molecule has 0 saturated carbocycles. The van der Waals surface area contributed by atoms with Gasteiger partial charge in [-0.2, -0.15) is 0 Å². The second-order valence-electron chi connectivity index (χ2n) is 4.34. The first kappa shape index (κ1) is 11.7. The molecule has 1 saturated heterocycles. The standard InChI is InChI=1S/C14H12BrNO2/c15-13-6-14(17)16(11-8-18-9-11)7-12(13)10-4-2-1-3-5-10/h1-7,11H,8-9H2. The van der Waals surface area contributed by atoms with Crippen LogP contribution in [0.4, 0.5) is 0 Å². The van der Waals surface area contributed by atoms with Crippen molar-refractivity contribution in [3.63, 3.8) is 0 Å². The molecule has 0 amide bonds. The molecule has 3 nitrogen and oxygen atoms in total. The summed E-state index contributed by atoms with van der Waals surface area (Å²) in [5.74, 6) is 0. The molecule has 1 aliphatic rings. The van der Waals surface area contributed by atoms with Gasteiger partial charge in [-0.3, -0.25) is 4.79 Å². The summed E-state index contributed by atoms with van der Waals surface area (Å²) in [5.41, 5.74) is 2.13. The minimum absolute atomic E-state index is 0.00913. The number of nitrogens with zero attached hydrogens (tertiary/aromatic N) is 1. The third kappa shape index (κ3) is 2.02. The van der Waals surface area contributed by atoms with Crippen LogP contribution in [0.5, 0.6) is 0 Å². The fourth-order valence-electron chi connectivity index (χ4n) is 2.02. The van der Waals surface area contributed by atoms with Crippen molar-refractivity contribution in [2.45, 2.75) is 6.04 Å². The Bertz CT molecular complexity index is 617. The number of hydrogen-bond acceptors (Lipinski definition) is 2. The summed E-state index contributed by atoms with van der Waals surface area (Å²) < 4.78 is 7.74. The first-order valence-corrected chi connectivity index (χ1v) is 6.60. The minimum Gasteiger partial charge on any atom is -0.377 e. The molecule has 0 N–H and O–H groups in total. The molecule has 1 aromatic heterocycles. The van der Waals surface area contributed by atoms with Gasteiger partial charge in [0.05, 0.1) is 19.3 Å². The second-order valence-corrected chi connectivity index (χ2v) is 5.19. The molecule has 92 valence electrons. The van der Waals surface area contributed by atoms with E-state index in [1.165, 1.54) is 0 Å². The number of aromatic nitrogens is 1. The Hall–Kier alpha value is -1.39. The van der Waals surface area contributed by atoms with Crippen molar-refractivity contribution in [1.82, 2.24) is 4.57 Å². The Kier molecular flexibility index (Phi) is 3.06. The summed E-state index contributed by atoms with van der Waals surface area (Å²) in [6, 6.07) is 11.8. The van der Waals surface area contributed by atoms with E-state index >= 15 is 0 Å². The third-order valence-electron chi connectivity index (χ3n) is 3.13. The van der Waals surface area contributed by atoms with Gasteiger partial charge in [0.1, 0.15) is 0 Å². The lowest BCUT2D eigenvalue weighted by Crippen LogP contribution is -2.37. The van der Waals surface area contributed by atoms with Crippen molar-refractivity contribution in [3.05, 3.63) is 57.4 Å². The maximum atomic E-state index is 11.9. The van der Waals surface area contributed by atoms with E-state index in [9.17, 15) is 4.79 Å². The lowest BCUT2D eigenvalue weighted by molar-refractivity contribution is -0.0247. The van der Waals surface area contributed by atoms with Gasteiger partial charge in [0.2, 0.25) is 0 Å². The topological polar surface area (TPSA) is 31.2 Å². The van der Waals surface area contributed by atoms with E-state index in [1.54, 1.807) is 10.6 Å². The van der Waals surface area contributed by atoms with Gasteiger partial charge in [-0.1, -0.05) is 30.3 Å². The number of rotatable bonds is 2. The summed E-state index contributed by atoms with van der Waals surface area (Å²) >= 11 is 3.46. The summed E-state index contributed by atoms with van der Waals surface area (Å²) in [6.07, 6.45) is 1.91. The van der Waals surface area contributed by atoms with Crippen LogP contribution < -0.4 is 5.56 Å². The maximum absolute atomic E-state index is 11.9. The van der Waals surface area contributed by atoms with Crippen molar-refractivity contribution in [3.8, 4) is 11.1 Å². The van der Waals surface area contributed by atoms with Gasteiger partial charge in [0.15, 0.2) is 0 Å². The van der Waals surface area contributed by atoms with E-state index < -0.39 is 0 Å². The van der Waals surface area contributed by atoms with Gasteiger partial charge in [-0.05, 0) is 21.5 Å². The Labute approximate surface area is 113 Å². The molecule has 0 radical (unpaired) electrons. The first-order chi connectivity index (χ1) is 8.75. The van der Waals surface area contributed by atoms with Crippen LogP contribution >= 0.6 is 15.9 Å². The molecular weight excluding hydrogens is 294 g/mol. The minimum atomic E-state index is 0.00913. The largest absolute Gasteiger partial charge is 0.377 e. The fourth-order valence-corrected chi connectivity index (χ4v) is 2.55. The third-order valence-corrected chi connectivity index (χ3v) is 3.78. The van der Waals surface area contributed by atoms with Crippen LogP contribution in [0.2, 0.25) is 0 Å². The number of benzene rings is 1. The van der Waals surface area contributed by atoms with Crippen molar-refractivity contribution in [2.24, 2.45) is 0 Å². The van der Waals surface area contributed by atoms with Gasteiger partial charge in [-0.15, -0.1) is 0 Å². The molecular formula is C14H12BrNO2. The summed E-state index contributed by atoms with van der Waals surface area (Å²) in [4.78, 5) is 11.9. The van der Waals surface area contributed by atoms with E-state index in [0.717, 1.165) is 15.6 Å². The second kappa shape index (κ2) is 4.71. The average Bonchev–Trinajstić information content (AvgIpc) is 2.31. The molecule has 0 bridgehead atoms. The number of halogens is 1. The summed E-state index contributed by atoms with van der Waals surface area (Å²) in [6.45, 7) is 1.24. The highest BCUT2D eigenvalue weighted by molar-refractivity contribution is 9.10. The summed E-state index contributed by atoms with van der Waals surface area (Å²) in [5, 5.41) is 0. The van der Waals surface area contributed by atoms with Crippen molar-refractivity contribution >= 4 is 15.9 Å². The van der Waals surface area contributed by atoms with Crippen LogP contribution in [0.1, 0.15) is 6.04 Å². The van der Waals surface area contributed by atoms with Gasteiger partial charge in [0, 0.05) is 22.3 Å². The van der Waals surface area contributed by atoms with Crippen molar-refractivity contribution in [2.75, 3.05) is 13.2 Å². The Morgan fingerprint density at radius 1 is 1.22 bits per heavy atom. The summed E-state index contributed by atoms with van der Waals surface area (Å²) in [7, 11) is 0. The van der Waals surface area contributed by atoms with Crippen molar-refractivity contribution in [1.29, 1.82) is 0 Å². The quantitative estimate of drug-likeness (QED) is 0.854. The fraction of sp³-hybridized carbons (Fsp3) is 0.214. The highest BCUT2D eigenvalue weighted by atomic mass is 79.9. The normalized spacial score (nSPS) is 15.4. The molecule has 1 aliphatic heterocycles. The molecule has 2 heterocycles. The molecule has 18 heavy (non-hydrogen) atoms. The molecule has 4 heteroatoms. The molecule has 2 aromatic rings. The Morgan fingerprint density at radius 2 is 1.94 bits per heavy atom. The maximum Gasteiger partial charge on any atom is 0.252 e. The van der Waals surface area contributed by atoms with Gasteiger partial charge in [-0.25, -0.2) is 0 Å². The van der Waals surface area contributed by atoms with Crippen LogP contribution in [-0.2, 0) is 4.74 Å². The monoisotopic (exact) mass is 305 g/mol. The number of pyridine rings is 1. The predicted octanol–water partition coefficient (Wildman–Crippen LogP) is 2.85. The average molecular weight is 306 g/mol. The smallest absolute Gasteiger partial charge is 0.252 e. The van der Waals surface area contributed by atoms with E-state index in [2.05, 4.69) is 15.9 Å². The SMILES string of the molecule is O=c1cc(Br)c(-c2ccccc2)cn1C1COC1. The van der Waals surface area contributed by atoms with Gasteiger partial charge < -0.3 is 9.30 Å². The van der Waals surface area contributed by atoms with E-state index in [4.69, 9.17) is 4.74 Å². The van der Waals surface area contributed by atoms with Gasteiger partial charge in [0.25, 0.3) is 5.56 Å². The molecule has 0 unspecified atom stereocenters. The lowest BCUT2D eigenvalue weighted by atomic mass is 10.1. The Morgan fingerprint density at radius 3 is 2.56 bits per heavy atom. The van der Waals surface area contributed by atoms with Crippen LogP contribution in [0, 0.1) is 0 Å². The highest BCUT2D eigenvalue weighted by Gasteiger charge is 2.22. The molecule has 1 fully saturated rings. The van der Waals surface area contributed by atoms with Crippen LogP contribution in [-0.4, -0.2) is 17.8 Å².